The SMILES string of the molecule is c1cc2nncn2nc1OCC1CO1. The Hall–Kier alpha value is -1.69. The van der Waals surface area contributed by atoms with Crippen molar-refractivity contribution in [2.45, 2.75) is 6.10 Å². The number of hydrogen-bond donors (Lipinski definition) is 0. The first-order chi connectivity index (χ1) is 6.92. The van der Waals surface area contributed by atoms with Crippen molar-refractivity contribution in [3.63, 3.8) is 0 Å². The van der Waals surface area contributed by atoms with Crippen LogP contribution in [0.5, 0.6) is 5.88 Å². The molecule has 14 heavy (non-hydrogen) atoms. The topological polar surface area (TPSA) is 64.8 Å². The van der Waals surface area contributed by atoms with Gasteiger partial charge in [-0.1, -0.05) is 0 Å². The molecule has 0 bridgehead atoms. The Balaban J connectivity index is 1.81. The molecule has 72 valence electrons. The average molecular weight is 192 g/mol. The van der Waals surface area contributed by atoms with Crippen molar-refractivity contribution in [3.05, 3.63) is 18.5 Å². The van der Waals surface area contributed by atoms with Gasteiger partial charge in [-0.2, -0.15) is 4.52 Å². The third-order valence-corrected chi connectivity index (χ3v) is 1.96. The van der Waals surface area contributed by atoms with E-state index in [9.17, 15) is 0 Å². The predicted octanol–water partition coefficient (Wildman–Crippen LogP) is -0.0981. The minimum absolute atomic E-state index is 0.244. The zero-order valence-corrected chi connectivity index (χ0v) is 7.33. The summed E-state index contributed by atoms with van der Waals surface area (Å²) in [6.07, 6.45) is 1.78. The molecule has 1 atom stereocenters. The summed E-state index contributed by atoms with van der Waals surface area (Å²) in [5.74, 6) is 0.563. The van der Waals surface area contributed by atoms with Crippen molar-refractivity contribution in [1.29, 1.82) is 0 Å². The highest BCUT2D eigenvalue weighted by Crippen LogP contribution is 2.12. The molecule has 1 aliphatic heterocycles. The van der Waals surface area contributed by atoms with Gasteiger partial charge in [0.05, 0.1) is 6.61 Å². The van der Waals surface area contributed by atoms with E-state index < -0.39 is 0 Å². The number of aromatic nitrogens is 4. The maximum Gasteiger partial charge on any atom is 0.231 e. The summed E-state index contributed by atoms with van der Waals surface area (Å²) >= 11 is 0. The number of ether oxygens (including phenoxy) is 2. The molecular weight excluding hydrogens is 184 g/mol. The number of hydrogen-bond acceptors (Lipinski definition) is 5. The van der Waals surface area contributed by atoms with Gasteiger partial charge >= 0.3 is 0 Å². The van der Waals surface area contributed by atoms with E-state index in [1.165, 1.54) is 6.33 Å². The fraction of sp³-hybridized carbons (Fsp3) is 0.375. The van der Waals surface area contributed by atoms with Crippen molar-refractivity contribution in [3.8, 4) is 5.88 Å². The zero-order valence-electron chi connectivity index (χ0n) is 7.33. The monoisotopic (exact) mass is 192 g/mol. The Labute approximate surface area is 79.5 Å². The van der Waals surface area contributed by atoms with Crippen LogP contribution in [-0.4, -0.2) is 39.1 Å². The quantitative estimate of drug-likeness (QED) is 0.635. The van der Waals surface area contributed by atoms with Crippen molar-refractivity contribution in [2.75, 3.05) is 13.2 Å². The van der Waals surface area contributed by atoms with Crippen LogP contribution in [0.2, 0.25) is 0 Å². The van der Waals surface area contributed by atoms with Gasteiger partial charge in [0.15, 0.2) is 5.65 Å². The number of fused-ring (bicyclic) bond motifs is 1. The van der Waals surface area contributed by atoms with E-state index in [1.807, 2.05) is 6.07 Å². The largest absolute Gasteiger partial charge is 0.474 e. The first-order valence-electron chi connectivity index (χ1n) is 4.33. The standard InChI is InChI=1S/C8H8N4O2/c1-2-8(14-4-6-3-13-6)11-12-5-9-10-7(1)12/h1-2,5-6H,3-4H2. The van der Waals surface area contributed by atoms with E-state index in [0.717, 1.165) is 6.61 Å². The molecular formula is C8H8N4O2. The van der Waals surface area contributed by atoms with Gasteiger partial charge in [-0.25, -0.2) is 0 Å². The molecule has 0 N–H and O–H groups in total. The third kappa shape index (κ3) is 1.39. The fourth-order valence-corrected chi connectivity index (χ4v) is 1.13. The number of epoxide rings is 1. The molecule has 1 aliphatic rings. The lowest BCUT2D eigenvalue weighted by molar-refractivity contribution is 0.252. The van der Waals surface area contributed by atoms with Gasteiger partial charge in [0.1, 0.15) is 19.0 Å². The van der Waals surface area contributed by atoms with Crippen LogP contribution >= 0.6 is 0 Å². The summed E-state index contributed by atoms with van der Waals surface area (Å²) < 4.78 is 12.0. The van der Waals surface area contributed by atoms with E-state index in [1.54, 1.807) is 10.6 Å². The van der Waals surface area contributed by atoms with Crippen molar-refractivity contribution >= 4 is 5.65 Å². The smallest absolute Gasteiger partial charge is 0.231 e. The Bertz CT molecular complexity index is 451. The highest BCUT2D eigenvalue weighted by Gasteiger charge is 2.23. The van der Waals surface area contributed by atoms with Crippen LogP contribution in [-0.2, 0) is 4.74 Å². The second kappa shape index (κ2) is 2.91. The fourth-order valence-electron chi connectivity index (χ4n) is 1.13. The van der Waals surface area contributed by atoms with E-state index in [4.69, 9.17) is 9.47 Å². The summed E-state index contributed by atoms with van der Waals surface area (Å²) in [5.41, 5.74) is 0.708. The van der Waals surface area contributed by atoms with E-state index in [0.29, 0.717) is 18.1 Å². The predicted molar refractivity (Wildman–Crippen MR) is 46.0 cm³/mol. The Morgan fingerprint density at radius 2 is 2.50 bits per heavy atom. The molecule has 6 heteroatoms. The summed E-state index contributed by atoms with van der Waals surface area (Å²) in [6.45, 7) is 1.34. The second-order valence-corrected chi connectivity index (χ2v) is 3.07. The van der Waals surface area contributed by atoms with Crippen LogP contribution in [0.3, 0.4) is 0 Å². The van der Waals surface area contributed by atoms with Gasteiger partial charge in [0, 0.05) is 6.07 Å². The molecule has 1 unspecified atom stereocenters. The molecule has 0 spiro atoms. The van der Waals surface area contributed by atoms with Crippen molar-refractivity contribution < 1.29 is 9.47 Å². The summed E-state index contributed by atoms with van der Waals surface area (Å²) in [4.78, 5) is 0. The van der Waals surface area contributed by atoms with Crippen LogP contribution in [0.4, 0.5) is 0 Å². The van der Waals surface area contributed by atoms with Crippen LogP contribution in [0.15, 0.2) is 18.5 Å². The maximum atomic E-state index is 5.39. The van der Waals surface area contributed by atoms with Gasteiger partial charge < -0.3 is 9.47 Å². The minimum Gasteiger partial charge on any atom is -0.474 e. The lowest BCUT2D eigenvalue weighted by Crippen LogP contribution is -2.06. The summed E-state index contributed by atoms with van der Waals surface area (Å²) in [6, 6.07) is 3.58. The van der Waals surface area contributed by atoms with Crippen LogP contribution in [0, 0.1) is 0 Å². The Morgan fingerprint density at radius 3 is 3.36 bits per heavy atom. The Morgan fingerprint density at radius 1 is 1.57 bits per heavy atom. The molecule has 0 saturated carbocycles. The second-order valence-electron chi connectivity index (χ2n) is 3.07. The molecule has 0 aliphatic carbocycles. The van der Waals surface area contributed by atoms with Crippen molar-refractivity contribution in [2.24, 2.45) is 0 Å². The van der Waals surface area contributed by atoms with Gasteiger partial charge in [0.2, 0.25) is 5.88 Å². The maximum absolute atomic E-state index is 5.39. The molecule has 3 rings (SSSR count). The highest BCUT2D eigenvalue weighted by atomic mass is 16.6. The average Bonchev–Trinajstić information content (AvgIpc) is 2.92. The molecule has 0 amide bonds. The normalized spacial score (nSPS) is 19.9. The molecule has 2 aromatic heterocycles. The van der Waals surface area contributed by atoms with E-state index in [-0.39, 0.29) is 6.10 Å². The number of nitrogens with zero attached hydrogens (tertiary/aromatic N) is 4. The Kier molecular flexibility index (Phi) is 1.60. The van der Waals surface area contributed by atoms with Crippen LogP contribution in [0.1, 0.15) is 0 Å². The lowest BCUT2D eigenvalue weighted by atomic mass is 10.5. The molecule has 3 heterocycles. The first kappa shape index (κ1) is 7.69. The molecule has 0 radical (unpaired) electrons. The first-order valence-corrected chi connectivity index (χ1v) is 4.33. The highest BCUT2D eigenvalue weighted by molar-refractivity contribution is 5.35. The zero-order chi connectivity index (χ0) is 9.38. The lowest BCUT2D eigenvalue weighted by Gasteiger charge is -2.01. The summed E-state index contributed by atoms with van der Waals surface area (Å²) in [7, 11) is 0. The van der Waals surface area contributed by atoms with Gasteiger partial charge in [0.25, 0.3) is 0 Å². The van der Waals surface area contributed by atoms with E-state index in [2.05, 4.69) is 15.3 Å². The van der Waals surface area contributed by atoms with Crippen LogP contribution in [0.25, 0.3) is 5.65 Å². The molecule has 6 nitrogen and oxygen atoms in total. The van der Waals surface area contributed by atoms with Gasteiger partial charge in [-0.15, -0.1) is 15.3 Å². The molecule has 1 fully saturated rings. The molecule has 0 aromatic carbocycles. The van der Waals surface area contributed by atoms with Crippen LogP contribution < -0.4 is 4.74 Å². The molecule has 1 saturated heterocycles. The van der Waals surface area contributed by atoms with Crippen molar-refractivity contribution in [1.82, 2.24) is 19.8 Å². The minimum atomic E-state index is 0.244. The summed E-state index contributed by atoms with van der Waals surface area (Å²) in [5, 5.41) is 11.7. The number of rotatable bonds is 3. The van der Waals surface area contributed by atoms with Gasteiger partial charge in [-0.05, 0) is 6.07 Å². The van der Waals surface area contributed by atoms with Gasteiger partial charge in [-0.3, -0.25) is 0 Å². The van der Waals surface area contributed by atoms with E-state index >= 15 is 0 Å². The third-order valence-electron chi connectivity index (χ3n) is 1.96. The molecule has 2 aromatic rings.